The number of amides is 2. The van der Waals surface area contributed by atoms with Crippen molar-refractivity contribution in [2.75, 3.05) is 0 Å². The second-order valence-electron chi connectivity index (χ2n) is 7.19. The maximum atomic E-state index is 14.4. The standard InChI is InChI=1S/C22H25FN2O3/c1-14(24-21(26)15(2)25-22(27)16-7-6-8-16)17-11-12-20(19(23)13-17)28-18-9-4-3-5-10-18/h3-5,9-16H,6-8H2,1-2H3,(H,24,26)(H,25,27). The summed E-state index contributed by atoms with van der Waals surface area (Å²) in [6.07, 6.45) is 2.83. The molecule has 2 amide bonds. The quantitative estimate of drug-likeness (QED) is 0.755. The summed E-state index contributed by atoms with van der Waals surface area (Å²) >= 11 is 0. The Morgan fingerprint density at radius 2 is 1.79 bits per heavy atom. The lowest BCUT2D eigenvalue weighted by Crippen LogP contribution is -2.48. The van der Waals surface area contributed by atoms with Gasteiger partial charge in [0.1, 0.15) is 11.8 Å². The number of ether oxygens (including phenoxy) is 1. The number of benzene rings is 2. The Morgan fingerprint density at radius 3 is 2.39 bits per heavy atom. The highest BCUT2D eigenvalue weighted by molar-refractivity contribution is 5.88. The van der Waals surface area contributed by atoms with E-state index >= 15 is 0 Å². The highest BCUT2D eigenvalue weighted by atomic mass is 19.1. The molecule has 1 aliphatic carbocycles. The number of carbonyl (C=O) groups is 2. The number of carbonyl (C=O) groups excluding carboxylic acids is 2. The van der Waals surface area contributed by atoms with Crippen molar-refractivity contribution < 1.29 is 18.7 Å². The Balaban J connectivity index is 1.57. The molecular weight excluding hydrogens is 359 g/mol. The molecule has 28 heavy (non-hydrogen) atoms. The molecule has 5 nitrogen and oxygen atoms in total. The minimum absolute atomic E-state index is 0.0268. The monoisotopic (exact) mass is 384 g/mol. The Kier molecular flexibility index (Phi) is 6.29. The topological polar surface area (TPSA) is 67.4 Å². The normalized spacial score (nSPS) is 15.8. The molecule has 3 rings (SSSR count). The molecule has 0 radical (unpaired) electrons. The fourth-order valence-electron chi connectivity index (χ4n) is 2.97. The van der Waals surface area contributed by atoms with Gasteiger partial charge in [-0.25, -0.2) is 4.39 Å². The summed E-state index contributed by atoms with van der Waals surface area (Å²) in [7, 11) is 0. The number of halogens is 1. The van der Waals surface area contributed by atoms with Crippen molar-refractivity contribution in [3.63, 3.8) is 0 Å². The molecule has 148 valence electrons. The third-order valence-electron chi connectivity index (χ3n) is 5.01. The van der Waals surface area contributed by atoms with E-state index in [0.717, 1.165) is 19.3 Å². The van der Waals surface area contributed by atoms with Gasteiger partial charge >= 0.3 is 0 Å². The van der Waals surface area contributed by atoms with Crippen LogP contribution >= 0.6 is 0 Å². The summed E-state index contributed by atoms with van der Waals surface area (Å²) < 4.78 is 19.9. The SMILES string of the molecule is CC(NC(=O)C1CCC1)C(=O)NC(C)c1ccc(Oc2ccccc2)c(F)c1. The third-order valence-corrected chi connectivity index (χ3v) is 5.01. The molecular formula is C22H25FN2O3. The first-order chi connectivity index (χ1) is 13.4. The molecule has 0 heterocycles. The summed E-state index contributed by atoms with van der Waals surface area (Å²) in [6.45, 7) is 3.42. The molecule has 2 atom stereocenters. The second kappa shape index (κ2) is 8.87. The first-order valence-electron chi connectivity index (χ1n) is 9.57. The maximum absolute atomic E-state index is 14.4. The zero-order chi connectivity index (χ0) is 20.1. The molecule has 0 spiro atoms. The molecule has 0 aliphatic heterocycles. The molecule has 1 saturated carbocycles. The molecule has 2 aromatic rings. The van der Waals surface area contributed by atoms with Crippen molar-refractivity contribution in [3.05, 3.63) is 59.9 Å². The van der Waals surface area contributed by atoms with E-state index in [1.165, 1.54) is 6.07 Å². The van der Waals surface area contributed by atoms with Crippen molar-refractivity contribution in [3.8, 4) is 11.5 Å². The highest BCUT2D eigenvalue weighted by Gasteiger charge is 2.28. The van der Waals surface area contributed by atoms with Crippen molar-refractivity contribution in [1.82, 2.24) is 10.6 Å². The average molecular weight is 384 g/mol. The summed E-state index contributed by atoms with van der Waals surface area (Å²) in [6, 6.07) is 12.5. The van der Waals surface area contributed by atoms with Crippen LogP contribution in [0.15, 0.2) is 48.5 Å². The summed E-state index contributed by atoms with van der Waals surface area (Å²) in [5.74, 6) is -0.186. The second-order valence-corrected chi connectivity index (χ2v) is 7.19. The summed E-state index contributed by atoms with van der Waals surface area (Å²) in [4.78, 5) is 24.3. The lowest BCUT2D eigenvalue weighted by Gasteiger charge is -2.26. The van der Waals surface area contributed by atoms with Gasteiger partial charge < -0.3 is 15.4 Å². The smallest absolute Gasteiger partial charge is 0.242 e. The lowest BCUT2D eigenvalue weighted by molar-refractivity contribution is -0.132. The van der Waals surface area contributed by atoms with Gasteiger partial charge in [0.2, 0.25) is 11.8 Å². The fraction of sp³-hybridized carbons (Fsp3) is 0.364. The Hall–Kier alpha value is -2.89. The molecule has 0 saturated heterocycles. The molecule has 2 aromatic carbocycles. The van der Waals surface area contributed by atoms with Gasteiger partial charge in [0.15, 0.2) is 11.6 Å². The zero-order valence-corrected chi connectivity index (χ0v) is 16.1. The molecule has 2 N–H and O–H groups in total. The van der Waals surface area contributed by atoms with E-state index in [9.17, 15) is 14.0 Å². The first-order valence-corrected chi connectivity index (χ1v) is 9.57. The van der Waals surface area contributed by atoms with Crippen LogP contribution in [-0.2, 0) is 9.59 Å². The van der Waals surface area contributed by atoms with Crippen molar-refractivity contribution >= 4 is 11.8 Å². The predicted molar refractivity (Wildman–Crippen MR) is 104 cm³/mol. The Labute approximate surface area is 164 Å². The maximum Gasteiger partial charge on any atom is 0.242 e. The minimum Gasteiger partial charge on any atom is -0.454 e. The first kappa shape index (κ1) is 19.9. The van der Waals surface area contributed by atoms with E-state index in [4.69, 9.17) is 4.74 Å². The van der Waals surface area contributed by atoms with Crippen LogP contribution in [0.2, 0.25) is 0 Å². The zero-order valence-electron chi connectivity index (χ0n) is 16.1. The molecule has 1 aliphatic rings. The molecule has 0 aromatic heterocycles. The molecule has 1 fully saturated rings. The number of nitrogens with one attached hydrogen (secondary N) is 2. The van der Waals surface area contributed by atoms with Crippen LogP contribution in [0.4, 0.5) is 4.39 Å². The molecule has 0 bridgehead atoms. The summed E-state index contributed by atoms with van der Waals surface area (Å²) in [5, 5.41) is 5.55. The Morgan fingerprint density at radius 1 is 1.07 bits per heavy atom. The van der Waals surface area contributed by atoms with Gasteiger partial charge in [-0.05, 0) is 56.5 Å². The van der Waals surface area contributed by atoms with Gasteiger partial charge in [0, 0.05) is 5.92 Å². The molecule has 6 heteroatoms. The van der Waals surface area contributed by atoms with Crippen LogP contribution in [0.25, 0.3) is 0 Å². The van der Waals surface area contributed by atoms with E-state index in [2.05, 4.69) is 10.6 Å². The van der Waals surface area contributed by atoms with E-state index in [0.29, 0.717) is 11.3 Å². The van der Waals surface area contributed by atoms with Crippen LogP contribution in [0.1, 0.15) is 44.7 Å². The van der Waals surface area contributed by atoms with Crippen molar-refractivity contribution in [1.29, 1.82) is 0 Å². The summed E-state index contributed by atoms with van der Waals surface area (Å²) in [5.41, 5.74) is 0.615. The van der Waals surface area contributed by atoms with Gasteiger partial charge in [0.25, 0.3) is 0 Å². The number of hydrogen-bond acceptors (Lipinski definition) is 3. The number of hydrogen-bond donors (Lipinski definition) is 2. The van der Waals surface area contributed by atoms with Crippen molar-refractivity contribution in [2.45, 2.75) is 45.2 Å². The van der Waals surface area contributed by atoms with Crippen LogP contribution in [0.5, 0.6) is 11.5 Å². The Bertz CT molecular complexity index is 837. The largest absolute Gasteiger partial charge is 0.454 e. The van der Waals surface area contributed by atoms with Crippen molar-refractivity contribution in [2.24, 2.45) is 5.92 Å². The van der Waals surface area contributed by atoms with E-state index < -0.39 is 17.9 Å². The van der Waals surface area contributed by atoms with E-state index in [1.54, 1.807) is 38.1 Å². The minimum atomic E-state index is -0.638. The third kappa shape index (κ3) is 4.88. The van der Waals surface area contributed by atoms with Gasteiger partial charge in [-0.3, -0.25) is 9.59 Å². The number of para-hydroxylation sites is 1. The van der Waals surface area contributed by atoms with Crippen LogP contribution < -0.4 is 15.4 Å². The van der Waals surface area contributed by atoms with Crippen LogP contribution in [0, 0.1) is 11.7 Å². The van der Waals surface area contributed by atoms with Gasteiger partial charge in [0.05, 0.1) is 6.04 Å². The fourth-order valence-corrected chi connectivity index (χ4v) is 2.97. The average Bonchev–Trinajstić information content (AvgIpc) is 2.62. The van der Waals surface area contributed by atoms with Gasteiger partial charge in [-0.2, -0.15) is 0 Å². The lowest BCUT2D eigenvalue weighted by atomic mass is 9.84. The predicted octanol–water partition coefficient (Wildman–Crippen LogP) is 4.10. The van der Waals surface area contributed by atoms with E-state index in [1.807, 2.05) is 18.2 Å². The van der Waals surface area contributed by atoms with Crippen LogP contribution in [-0.4, -0.2) is 17.9 Å². The van der Waals surface area contributed by atoms with E-state index in [-0.39, 0.29) is 23.5 Å². The molecule has 2 unspecified atom stereocenters. The number of rotatable bonds is 7. The van der Waals surface area contributed by atoms with Gasteiger partial charge in [-0.15, -0.1) is 0 Å². The van der Waals surface area contributed by atoms with Crippen LogP contribution in [0.3, 0.4) is 0 Å². The highest BCUT2D eigenvalue weighted by Crippen LogP contribution is 2.27. The van der Waals surface area contributed by atoms with Gasteiger partial charge in [-0.1, -0.05) is 30.7 Å².